The number of rotatable bonds is 4. The highest BCUT2D eigenvalue weighted by atomic mass is 16.7. The zero-order valence-electron chi connectivity index (χ0n) is 36.7. The van der Waals surface area contributed by atoms with Crippen molar-refractivity contribution < 1.29 is 58.9 Å². The number of hydrogen-bond acceptors (Lipinski definition) is 14. The van der Waals surface area contributed by atoms with E-state index in [0.717, 1.165) is 38.5 Å². The fourth-order valence-electron chi connectivity index (χ4n) is 8.53. The van der Waals surface area contributed by atoms with Crippen LogP contribution >= 0.6 is 0 Å². The van der Waals surface area contributed by atoms with Crippen LogP contribution in [0.4, 0.5) is 5.69 Å². The Kier molecular flexibility index (Phi) is 15.2. The molecule has 0 saturated carbocycles. The monoisotopic (exact) mass is 849 g/mol. The molecule has 6 N–H and O–H groups in total. The van der Waals surface area contributed by atoms with Gasteiger partial charge in [0, 0.05) is 74.2 Å². The van der Waals surface area contributed by atoms with Gasteiger partial charge in [0.15, 0.2) is 5.75 Å². The maximum Gasteiger partial charge on any atom is 0.312 e. The van der Waals surface area contributed by atoms with Crippen molar-refractivity contribution in [3.05, 3.63) is 52.8 Å². The molecule has 2 aromatic carbocycles. The predicted octanol–water partition coefficient (Wildman–Crippen LogP) is 6.74. The Balaban J connectivity index is 1.71. The predicted molar refractivity (Wildman–Crippen MR) is 231 cm³/mol. The molecule has 2 aromatic rings. The van der Waals surface area contributed by atoms with Crippen molar-refractivity contribution in [1.82, 2.24) is 5.01 Å². The van der Waals surface area contributed by atoms with E-state index in [1.165, 1.54) is 59.4 Å². The number of hydrogen-bond donors (Lipinski definition) is 6. The van der Waals surface area contributed by atoms with Crippen molar-refractivity contribution in [2.75, 3.05) is 25.5 Å². The highest BCUT2D eigenvalue weighted by molar-refractivity contribution is 6.23. The van der Waals surface area contributed by atoms with E-state index in [0.29, 0.717) is 13.1 Å². The van der Waals surface area contributed by atoms with E-state index in [-0.39, 0.29) is 44.5 Å². The van der Waals surface area contributed by atoms with Crippen LogP contribution in [0, 0.1) is 30.6 Å². The zero-order valence-corrected chi connectivity index (χ0v) is 36.7. The lowest BCUT2D eigenvalue weighted by atomic mass is 9.78. The summed E-state index contributed by atoms with van der Waals surface area (Å²) in [6, 6.07) is 0. The highest BCUT2D eigenvalue weighted by Crippen LogP contribution is 2.55. The van der Waals surface area contributed by atoms with Gasteiger partial charge < -0.3 is 49.8 Å². The first kappa shape index (κ1) is 46.9. The Hall–Kier alpha value is -5.12. The molecule has 4 aliphatic heterocycles. The van der Waals surface area contributed by atoms with Gasteiger partial charge in [-0.3, -0.25) is 19.4 Å². The van der Waals surface area contributed by atoms with Gasteiger partial charge in [-0.1, -0.05) is 71.6 Å². The molecule has 5 bridgehead atoms. The first-order chi connectivity index (χ1) is 28.8. The number of benzene rings is 2. The Morgan fingerprint density at radius 3 is 2.16 bits per heavy atom. The Labute approximate surface area is 357 Å². The number of aliphatic hydroxyl groups is 2. The molecule has 4 heterocycles. The third-order valence-electron chi connectivity index (χ3n) is 12.5. The fourth-order valence-corrected chi connectivity index (χ4v) is 8.53. The molecule has 334 valence electrons. The third kappa shape index (κ3) is 9.84. The summed E-state index contributed by atoms with van der Waals surface area (Å²) in [6.07, 6.45) is 11.1. The van der Waals surface area contributed by atoms with Gasteiger partial charge in [0.05, 0.1) is 53.0 Å². The minimum Gasteiger partial charge on any atom is -0.507 e. The van der Waals surface area contributed by atoms with Crippen LogP contribution in [0.5, 0.6) is 23.0 Å². The van der Waals surface area contributed by atoms with Crippen molar-refractivity contribution in [2.45, 2.75) is 124 Å². The average Bonchev–Trinajstić information content (AvgIpc) is 3.56. The van der Waals surface area contributed by atoms with Crippen LogP contribution in [0.2, 0.25) is 0 Å². The first-order valence-corrected chi connectivity index (χ1v) is 21.2. The molecule has 9 atom stereocenters. The molecule has 1 amide bonds. The number of allylic oxidation sites excluding steroid dienone is 2. The molecule has 0 spiro atoms. The van der Waals surface area contributed by atoms with E-state index in [1.54, 1.807) is 39.8 Å². The van der Waals surface area contributed by atoms with Gasteiger partial charge >= 0.3 is 11.8 Å². The highest BCUT2D eigenvalue weighted by Gasteiger charge is 2.50. The van der Waals surface area contributed by atoms with E-state index in [1.807, 2.05) is 5.01 Å². The molecule has 1 fully saturated rings. The van der Waals surface area contributed by atoms with Gasteiger partial charge in [-0.25, -0.2) is 0 Å². The van der Waals surface area contributed by atoms with E-state index in [4.69, 9.17) is 18.9 Å². The Morgan fingerprint density at radius 1 is 0.902 bits per heavy atom. The molecule has 15 nitrogen and oxygen atoms in total. The summed E-state index contributed by atoms with van der Waals surface area (Å²) < 4.78 is 23.7. The molecule has 61 heavy (non-hydrogen) atoms. The van der Waals surface area contributed by atoms with E-state index < -0.39 is 88.8 Å². The minimum atomic E-state index is -2.04. The van der Waals surface area contributed by atoms with Crippen LogP contribution in [0.25, 0.3) is 10.8 Å². The number of ketones is 1. The second-order valence-electron chi connectivity index (χ2n) is 16.9. The number of nitrogens with one attached hydrogen (secondary N) is 1. The number of Topliss-reactive ketones (excluding diaryl/α,β-unsaturated/α-hetero) is 1. The number of anilines is 1. The van der Waals surface area contributed by atoms with Gasteiger partial charge in [0.25, 0.3) is 11.7 Å². The third-order valence-corrected chi connectivity index (χ3v) is 12.5. The summed E-state index contributed by atoms with van der Waals surface area (Å²) in [5.41, 5.74) is -0.276. The SMILES string of the molecule is COC1/C=C/OC2(C)Oc3c(C)c(O)c4c(O)c(c(C=NN5CCCCCCCC5)c(O)c4c3C2=O)NC(=O)/C(C)=C/C=C/C(C)C(O)C(C)C(O)C(C)C(OC(C)=O)C1C. The maximum atomic E-state index is 14.5. The summed E-state index contributed by atoms with van der Waals surface area (Å²) in [6.45, 7) is 13.9. The smallest absolute Gasteiger partial charge is 0.312 e. The molecular weight excluding hydrogens is 787 g/mol. The molecular formula is C46H63N3O12. The van der Waals surface area contributed by atoms with Crippen molar-refractivity contribution in [3.8, 4) is 23.0 Å². The topological polar surface area (TPSA) is 217 Å². The van der Waals surface area contributed by atoms with Gasteiger partial charge in [-0.05, 0) is 32.8 Å². The number of ether oxygens (including phenoxy) is 4. The summed E-state index contributed by atoms with van der Waals surface area (Å²) in [4.78, 5) is 40.7. The number of fused-ring (bicyclic) bond motifs is 14. The van der Waals surface area contributed by atoms with Crippen molar-refractivity contribution >= 4 is 40.3 Å². The first-order valence-electron chi connectivity index (χ1n) is 21.2. The van der Waals surface area contributed by atoms with Crippen LogP contribution in [-0.2, 0) is 23.8 Å². The summed E-state index contributed by atoms with van der Waals surface area (Å²) in [5.74, 6) is -8.25. The fraction of sp³-hybridized carbons (Fsp3) is 0.565. The van der Waals surface area contributed by atoms with Gasteiger partial charge in [-0.15, -0.1) is 0 Å². The van der Waals surface area contributed by atoms with Crippen molar-refractivity contribution in [1.29, 1.82) is 0 Å². The van der Waals surface area contributed by atoms with Crippen LogP contribution < -0.4 is 10.1 Å². The quantitative estimate of drug-likeness (QED) is 0.0814. The van der Waals surface area contributed by atoms with Crippen LogP contribution in [-0.4, -0.2) is 105 Å². The summed E-state index contributed by atoms with van der Waals surface area (Å²) >= 11 is 0. The lowest BCUT2D eigenvalue weighted by Gasteiger charge is -2.38. The van der Waals surface area contributed by atoms with E-state index in [2.05, 4.69) is 10.4 Å². The molecule has 15 heteroatoms. The van der Waals surface area contributed by atoms with Gasteiger partial charge in [0.2, 0.25) is 0 Å². The number of methoxy groups -OCH3 is 1. The van der Waals surface area contributed by atoms with Crippen molar-refractivity contribution in [2.24, 2.45) is 28.8 Å². The zero-order chi connectivity index (χ0) is 44.9. The maximum absolute atomic E-state index is 14.5. The second kappa shape index (κ2) is 19.7. The molecule has 0 radical (unpaired) electrons. The number of nitrogens with zero attached hydrogens (tertiary/aromatic N) is 2. The van der Waals surface area contributed by atoms with E-state index in [9.17, 15) is 39.9 Å². The number of esters is 1. The molecule has 9 unspecified atom stereocenters. The lowest BCUT2D eigenvalue weighted by molar-refractivity contribution is -0.160. The molecule has 1 saturated heterocycles. The number of phenols is 3. The Morgan fingerprint density at radius 2 is 1.54 bits per heavy atom. The molecule has 0 aliphatic carbocycles. The number of carbonyl (C=O) groups excluding carboxylic acids is 3. The largest absolute Gasteiger partial charge is 0.507 e. The normalized spacial score (nSPS) is 31.7. The lowest BCUT2D eigenvalue weighted by Crippen LogP contribution is -2.46. The molecule has 4 aliphatic rings. The number of aliphatic hydroxyl groups excluding tert-OH is 2. The molecule has 6 rings (SSSR count). The number of carbonyl (C=O) groups is 3. The molecule has 0 aromatic heterocycles. The van der Waals surface area contributed by atoms with Gasteiger partial charge in [-0.2, -0.15) is 5.10 Å². The van der Waals surface area contributed by atoms with Gasteiger partial charge in [0.1, 0.15) is 23.4 Å². The number of aromatic hydroxyl groups is 3. The summed E-state index contributed by atoms with van der Waals surface area (Å²) in [7, 11) is 1.44. The van der Waals surface area contributed by atoms with Crippen LogP contribution in [0.1, 0.15) is 108 Å². The average molecular weight is 850 g/mol. The van der Waals surface area contributed by atoms with Crippen LogP contribution in [0.15, 0.2) is 41.2 Å². The second-order valence-corrected chi connectivity index (χ2v) is 16.9. The van der Waals surface area contributed by atoms with Crippen LogP contribution in [0.3, 0.4) is 0 Å². The Bertz CT molecular complexity index is 2090. The van der Waals surface area contributed by atoms with E-state index >= 15 is 0 Å². The number of hydrazone groups is 1. The minimum absolute atomic E-state index is 0.0645. The number of amides is 1. The number of phenolic OH excluding ortho intramolecular Hbond substituents is 3. The standard InChI is InChI=1S/C46H63N3O12/c1-24-17-16-18-25(2)45(57)48-36-31(23-47-49-20-14-12-10-11-13-15-21-49)40(54)33-34(41(36)55)39(53)29(6)43-35(33)44(56)46(8,61-43)59-22-19-32(58-9)26(3)42(60-30(7)50)28(5)38(52)27(4)37(24)51/h16-19,22-24,26-28,32,37-38,42,51-55H,10-15,20-21H2,1-9H3,(H,48,57)/b17-16+,22-19+,25-18+,47-23?. The van der Waals surface area contributed by atoms with Crippen molar-refractivity contribution in [3.63, 3.8) is 0 Å². The summed E-state index contributed by atoms with van der Waals surface area (Å²) in [5, 5.41) is 67.5.